The van der Waals surface area contributed by atoms with Crippen molar-refractivity contribution in [3.63, 3.8) is 0 Å². The number of hydrogen-bond donors (Lipinski definition) is 3. The van der Waals surface area contributed by atoms with E-state index in [1.54, 1.807) is 18.3 Å². The van der Waals surface area contributed by atoms with Crippen molar-refractivity contribution in [2.45, 2.75) is 39.7 Å². The van der Waals surface area contributed by atoms with E-state index < -0.39 is 0 Å². The lowest BCUT2D eigenvalue weighted by atomic mass is 10.1. The Bertz CT molecular complexity index is 477. The standard InChI is InChI=1S/C15H24N4O2/c1-5-8-16-11-6-7-12(17-9-11)14(21)18-10-13(20)19-15(2,3)4/h6-7,9,16H,5,8,10H2,1-4H3,(H,18,21)(H,19,20). The van der Waals surface area contributed by atoms with Gasteiger partial charge in [0.15, 0.2) is 0 Å². The number of rotatable bonds is 6. The first-order valence-electron chi connectivity index (χ1n) is 7.11. The number of hydrogen-bond acceptors (Lipinski definition) is 4. The van der Waals surface area contributed by atoms with Gasteiger partial charge in [0.25, 0.3) is 5.91 Å². The van der Waals surface area contributed by atoms with E-state index in [2.05, 4.69) is 27.9 Å². The van der Waals surface area contributed by atoms with Gasteiger partial charge in [-0.25, -0.2) is 4.98 Å². The average molecular weight is 292 g/mol. The highest BCUT2D eigenvalue weighted by Crippen LogP contribution is 2.06. The maximum absolute atomic E-state index is 11.9. The van der Waals surface area contributed by atoms with E-state index >= 15 is 0 Å². The lowest BCUT2D eigenvalue weighted by molar-refractivity contribution is -0.121. The van der Waals surface area contributed by atoms with E-state index in [1.807, 2.05) is 20.8 Å². The van der Waals surface area contributed by atoms with Gasteiger partial charge in [0.05, 0.1) is 18.4 Å². The molecule has 3 N–H and O–H groups in total. The topological polar surface area (TPSA) is 83.1 Å². The second kappa shape index (κ2) is 7.61. The number of carbonyl (C=O) groups excluding carboxylic acids is 2. The first-order chi connectivity index (χ1) is 9.81. The van der Waals surface area contributed by atoms with Crippen molar-refractivity contribution in [1.82, 2.24) is 15.6 Å². The maximum atomic E-state index is 11.9. The predicted molar refractivity (Wildman–Crippen MR) is 83.2 cm³/mol. The second-order valence-corrected chi connectivity index (χ2v) is 5.84. The fraction of sp³-hybridized carbons (Fsp3) is 0.533. The number of nitrogens with zero attached hydrogens (tertiary/aromatic N) is 1. The maximum Gasteiger partial charge on any atom is 0.270 e. The van der Waals surface area contributed by atoms with Crippen LogP contribution in [0.3, 0.4) is 0 Å². The number of pyridine rings is 1. The molecule has 0 saturated carbocycles. The molecule has 6 nitrogen and oxygen atoms in total. The Morgan fingerprint density at radius 1 is 1.24 bits per heavy atom. The fourth-order valence-corrected chi connectivity index (χ4v) is 1.62. The Morgan fingerprint density at radius 3 is 2.48 bits per heavy atom. The van der Waals surface area contributed by atoms with Gasteiger partial charge in [-0.15, -0.1) is 0 Å². The summed E-state index contributed by atoms with van der Waals surface area (Å²) in [7, 11) is 0. The van der Waals surface area contributed by atoms with Gasteiger partial charge in [-0.1, -0.05) is 6.92 Å². The molecule has 0 aliphatic carbocycles. The highest BCUT2D eigenvalue weighted by atomic mass is 16.2. The normalized spacial score (nSPS) is 10.9. The third-order valence-electron chi connectivity index (χ3n) is 2.50. The molecule has 0 aliphatic rings. The van der Waals surface area contributed by atoms with Gasteiger partial charge in [0, 0.05) is 12.1 Å². The monoisotopic (exact) mass is 292 g/mol. The van der Waals surface area contributed by atoms with E-state index in [-0.39, 0.29) is 23.9 Å². The number of carbonyl (C=O) groups is 2. The van der Waals surface area contributed by atoms with Crippen molar-refractivity contribution in [2.24, 2.45) is 0 Å². The van der Waals surface area contributed by atoms with Gasteiger partial charge in [-0.05, 0) is 39.3 Å². The summed E-state index contributed by atoms with van der Waals surface area (Å²) in [6.07, 6.45) is 2.63. The molecule has 21 heavy (non-hydrogen) atoms. The van der Waals surface area contributed by atoms with Gasteiger partial charge in [0.1, 0.15) is 5.69 Å². The highest BCUT2D eigenvalue weighted by molar-refractivity contribution is 5.95. The van der Waals surface area contributed by atoms with Crippen LogP contribution in [-0.2, 0) is 4.79 Å². The summed E-state index contributed by atoms with van der Waals surface area (Å²) in [6.45, 7) is 8.53. The van der Waals surface area contributed by atoms with Crippen LogP contribution in [0.25, 0.3) is 0 Å². The van der Waals surface area contributed by atoms with Gasteiger partial charge in [-0.3, -0.25) is 9.59 Å². The molecule has 0 aliphatic heterocycles. The van der Waals surface area contributed by atoms with E-state index in [0.717, 1.165) is 18.7 Å². The molecule has 116 valence electrons. The van der Waals surface area contributed by atoms with Crippen LogP contribution in [0.4, 0.5) is 5.69 Å². The SMILES string of the molecule is CCCNc1ccc(C(=O)NCC(=O)NC(C)(C)C)nc1. The van der Waals surface area contributed by atoms with E-state index in [4.69, 9.17) is 0 Å². The Kier molecular flexibility index (Phi) is 6.14. The zero-order valence-corrected chi connectivity index (χ0v) is 13.1. The van der Waals surface area contributed by atoms with Crippen LogP contribution in [-0.4, -0.2) is 35.4 Å². The van der Waals surface area contributed by atoms with Crippen molar-refractivity contribution < 1.29 is 9.59 Å². The summed E-state index contributed by atoms with van der Waals surface area (Å²) in [4.78, 5) is 27.6. The first kappa shape index (κ1) is 16.9. The molecule has 1 heterocycles. The van der Waals surface area contributed by atoms with Crippen molar-refractivity contribution in [3.05, 3.63) is 24.0 Å². The third kappa shape index (κ3) is 6.74. The van der Waals surface area contributed by atoms with Crippen LogP contribution in [0.5, 0.6) is 0 Å². The number of amides is 2. The molecular formula is C15H24N4O2. The molecule has 0 unspecified atom stereocenters. The average Bonchev–Trinajstić information content (AvgIpc) is 2.41. The molecule has 1 rings (SSSR count). The van der Waals surface area contributed by atoms with Crippen molar-refractivity contribution in [3.8, 4) is 0 Å². The van der Waals surface area contributed by atoms with Gasteiger partial charge in [0.2, 0.25) is 5.91 Å². The van der Waals surface area contributed by atoms with Gasteiger partial charge < -0.3 is 16.0 Å². The molecule has 0 atom stereocenters. The van der Waals surface area contributed by atoms with Crippen LogP contribution < -0.4 is 16.0 Å². The molecule has 0 aromatic carbocycles. The van der Waals surface area contributed by atoms with E-state index in [9.17, 15) is 9.59 Å². The first-order valence-corrected chi connectivity index (χ1v) is 7.11. The molecule has 0 fully saturated rings. The summed E-state index contributed by atoms with van der Waals surface area (Å²) in [5.41, 5.74) is 0.853. The number of aromatic nitrogens is 1. The molecule has 0 bridgehead atoms. The summed E-state index contributed by atoms with van der Waals surface area (Å²) in [5.74, 6) is -0.585. The lowest BCUT2D eigenvalue weighted by Crippen LogP contribution is -2.45. The minimum Gasteiger partial charge on any atom is -0.384 e. The van der Waals surface area contributed by atoms with Crippen molar-refractivity contribution in [1.29, 1.82) is 0 Å². The molecule has 1 aromatic rings. The fourth-order valence-electron chi connectivity index (χ4n) is 1.62. The van der Waals surface area contributed by atoms with Crippen LogP contribution in [0.1, 0.15) is 44.6 Å². The zero-order chi connectivity index (χ0) is 15.9. The van der Waals surface area contributed by atoms with Crippen molar-refractivity contribution >= 4 is 17.5 Å². The van der Waals surface area contributed by atoms with Crippen LogP contribution in [0.2, 0.25) is 0 Å². The van der Waals surface area contributed by atoms with Gasteiger partial charge in [-0.2, -0.15) is 0 Å². The number of anilines is 1. The van der Waals surface area contributed by atoms with E-state index in [1.165, 1.54) is 0 Å². The quantitative estimate of drug-likeness (QED) is 0.743. The minimum atomic E-state index is -0.360. The molecule has 1 aromatic heterocycles. The molecule has 2 amide bonds. The van der Waals surface area contributed by atoms with Crippen LogP contribution >= 0.6 is 0 Å². The molecular weight excluding hydrogens is 268 g/mol. The summed E-state index contributed by atoms with van der Waals surface area (Å²) in [5, 5.41) is 8.50. The third-order valence-corrected chi connectivity index (χ3v) is 2.50. The summed E-state index contributed by atoms with van der Waals surface area (Å²) in [6, 6.07) is 3.43. The Morgan fingerprint density at radius 2 is 1.95 bits per heavy atom. The van der Waals surface area contributed by atoms with Gasteiger partial charge >= 0.3 is 0 Å². The lowest BCUT2D eigenvalue weighted by Gasteiger charge is -2.20. The Labute approximate surface area is 125 Å². The summed E-state index contributed by atoms with van der Waals surface area (Å²) < 4.78 is 0. The largest absolute Gasteiger partial charge is 0.384 e. The zero-order valence-electron chi connectivity index (χ0n) is 13.1. The molecule has 0 spiro atoms. The molecule has 6 heteroatoms. The number of nitrogens with one attached hydrogen (secondary N) is 3. The second-order valence-electron chi connectivity index (χ2n) is 5.84. The minimum absolute atomic E-state index is 0.0619. The Balaban J connectivity index is 2.47. The summed E-state index contributed by atoms with van der Waals surface area (Å²) >= 11 is 0. The predicted octanol–water partition coefficient (Wildman–Crippen LogP) is 1.55. The van der Waals surface area contributed by atoms with Crippen LogP contribution in [0, 0.1) is 0 Å². The molecule has 0 saturated heterocycles. The van der Waals surface area contributed by atoms with E-state index in [0.29, 0.717) is 5.69 Å². The van der Waals surface area contributed by atoms with Crippen LogP contribution in [0.15, 0.2) is 18.3 Å². The smallest absolute Gasteiger partial charge is 0.270 e. The Hall–Kier alpha value is -2.11. The van der Waals surface area contributed by atoms with Crippen molar-refractivity contribution in [2.75, 3.05) is 18.4 Å². The highest BCUT2D eigenvalue weighted by Gasteiger charge is 2.15. The molecule has 0 radical (unpaired) electrons.